The number of primary amides is 1. The topological polar surface area (TPSA) is 109 Å². The first kappa shape index (κ1) is 21.1. The van der Waals surface area contributed by atoms with E-state index in [0.717, 1.165) is 42.5 Å². The van der Waals surface area contributed by atoms with E-state index in [2.05, 4.69) is 26.1 Å². The lowest BCUT2D eigenvalue weighted by molar-refractivity contribution is -0.151. The molecule has 0 radical (unpaired) electrons. The number of carboxylic acid groups (broad SMARTS) is 1. The third-order valence-electron chi connectivity index (χ3n) is 7.31. The minimum absolute atomic E-state index is 0.0759. The molecule has 1 heterocycles. The molecule has 1 saturated carbocycles. The van der Waals surface area contributed by atoms with Gasteiger partial charge in [-0.1, -0.05) is 32.9 Å². The van der Waals surface area contributed by atoms with E-state index in [1.807, 2.05) is 12.2 Å². The van der Waals surface area contributed by atoms with E-state index < -0.39 is 23.7 Å². The van der Waals surface area contributed by atoms with Crippen molar-refractivity contribution in [2.45, 2.75) is 52.9 Å². The third-order valence-corrected chi connectivity index (χ3v) is 8.48. The Morgan fingerprint density at radius 1 is 1.10 bits per heavy atom. The van der Waals surface area contributed by atoms with Gasteiger partial charge in [0.25, 0.3) is 5.91 Å². The van der Waals surface area contributed by atoms with Gasteiger partial charge in [-0.05, 0) is 60.8 Å². The molecule has 4 aliphatic carbocycles. The summed E-state index contributed by atoms with van der Waals surface area (Å²) in [6.07, 6.45) is 8.18. The summed E-state index contributed by atoms with van der Waals surface area (Å²) >= 11 is 1.43. The monoisotopic (exact) mass is 430 g/mol. The van der Waals surface area contributed by atoms with Crippen molar-refractivity contribution in [3.05, 3.63) is 28.2 Å². The minimum atomic E-state index is -0.928. The number of carbonyl (C=O) groups excluding carboxylic acids is 2. The van der Waals surface area contributed by atoms with Gasteiger partial charge in [0.15, 0.2) is 0 Å². The molecule has 5 atom stereocenters. The van der Waals surface area contributed by atoms with Crippen LogP contribution in [0.3, 0.4) is 0 Å². The van der Waals surface area contributed by atoms with Gasteiger partial charge >= 0.3 is 5.97 Å². The molecule has 4 aliphatic rings. The lowest BCUT2D eigenvalue weighted by Crippen LogP contribution is -2.47. The van der Waals surface area contributed by atoms with Crippen LogP contribution in [0.15, 0.2) is 12.2 Å². The molecule has 5 rings (SSSR count). The van der Waals surface area contributed by atoms with Crippen molar-refractivity contribution in [2.75, 3.05) is 5.32 Å². The molecule has 1 aromatic rings. The number of hydrogen-bond donors (Lipinski definition) is 3. The Morgan fingerprint density at radius 2 is 1.73 bits per heavy atom. The third kappa shape index (κ3) is 3.57. The predicted molar refractivity (Wildman–Crippen MR) is 116 cm³/mol. The van der Waals surface area contributed by atoms with Crippen LogP contribution in [0.5, 0.6) is 0 Å². The number of nitrogens with two attached hydrogens (primary N) is 1. The number of carbonyl (C=O) groups is 3. The Hall–Kier alpha value is -2.15. The zero-order chi connectivity index (χ0) is 21.8. The molecule has 2 bridgehead atoms. The summed E-state index contributed by atoms with van der Waals surface area (Å²) in [4.78, 5) is 38.5. The number of thiophene rings is 1. The number of anilines is 1. The average Bonchev–Trinajstić information content (AvgIpc) is 3.04. The molecule has 162 valence electrons. The van der Waals surface area contributed by atoms with Crippen LogP contribution in [0.25, 0.3) is 0 Å². The van der Waals surface area contributed by atoms with Crippen LogP contribution in [0.1, 0.15) is 60.8 Å². The average molecular weight is 431 g/mol. The molecular formula is C23H30N2O4S. The van der Waals surface area contributed by atoms with E-state index in [9.17, 15) is 19.5 Å². The van der Waals surface area contributed by atoms with Gasteiger partial charge in [-0.3, -0.25) is 14.4 Å². The Morgan fingerprint density at radius 3 is 2.27 bits per heavy atom. The highest BCUT2D eigenvalue weighted by Gasteiger charge is 2.48. The fraction of sp³-hybridized carbons (Fsp3) is 0.609. The summed E-state index contributed by atoms with van der Waals surface area (Å²) in [7, 11) is 0. The Balaban J connectivity index is 1.63. The van der Waals surface area contributed by atoms with Crippen LogP contribution in [0, 0.1) is 35.0 Å². The van der Waals surface area contributed by atoms with Crippen molar-refractivity contribution in [2.24, 2.45) is 40.7 Å². The highest BCUT2D eigenvalue weighted by Crippen LogP contribution is 2.47. The summed E-state index contributed by atoms with van der Waals surface area (Å²) in [5, 5.41) is 13.2. The van der Waals surface area contributed by atoms with Crippen LogP contribution in [-0.4, -0.2) is 22.9 Å². The molecule has 0 spiro atoms. The second-order valence-corrected chi connectivity index (χ2v) is 11.2. The van der Waals surface area contributed by atoms with E-state index in [0.29, 0.717) is 16.5 Å². The zero-order valence-electron chi connectivity index (χ0n) is 17.7. The summed E-state index contributed by atoms with van der Waals surface area (Å²) < 4.78 is 0. The Labute approximate surface area is 180 Å². The first-order valence-electron chi connectivity index (χ1n) is 10.7. The molecule has 0 unspecified atom stereocenters. The number of fused-ring (bicyclic) bond motifs is 3. The number of hydrogen-bond acceptors (Lipinski definition) is 4. The van der Waals surface area contributed by atoms with Crippen LogP contribution in [0.2, 0.25) is 0 Å². The molecule has 0 aliphatic heterocycles. The quantitative estimate of drug-likeness (QED) is 0.630. The lowest BCUT2D eigenvalue weighted by Gasteiger charge is -2.41. The van der Waals surface area contributed by atoms with E-state index in [4.69, 9.17) is 5.73 Å². The van der Waals surface area contributed by atoms with Gasteiger partial charge in [0, 0.05) is 4.88 Å². The molecular weight excluding hydrogens is 400 g/mol. The lowest BCUT2D eigenvalue weighted by atomic mass is 9.62. The van der Waals surface area contributed by atoms with Gasteiger partial charge in [-0.2, -0.15) is 0 Å². The van der Waals surface area contributed by atoms with E-state index in [-0.39, 0.29) is 23.2 Å². The van der Waals surface area contributed by atoms with Gasteiger partial charge < -0.3 is 16.2 Å². The fourth-order valence-electron chi connectivity index (χ4n) is 5.56. The van der Waals surface area contributed by atoms with Crippen molar-refractivity contribution in [1.29, 1.82) is 0 Å². The first-order chi connectivity index (χ1) is 14.1. The van der Waals surface area contributed by atoms with Gasteiger partial charge in [0.05, 0.1) is 17.4 Å². The molecule has 0 saturated heterocycles. The van der Waals surface area contributed by atoms with Crippen molar-refractivity contribution in [1.82, 2.24) is 0 Å². The summed E-state index contributed by atoms with van der Waals surface area (Å²) in [6.45, 7) is 6.68. The minimum Gasteiger partial charge on any atom is -0.481 e. The molecule has 4 N–H and O–H groups in total. The second kappa shape index (κ2) is 7.52. The number of aliphatic carboxylic acids is 1. The molecule has 6 nitrogen and oxygen atoms in total. The zero-order valence-corrected chi connectivity index (χ0v) is 18.6. The van der Waals surface area contributed by atoms with Crippen molar-refractivity contribution < 1.29 is 19.5 Å². The van der Waals surface area contributed by atoms with Crippen molar-refractivity contribution >= 4 is 34.1 Å². The molecule has 1 fully saturated rings. The highest BCUT2D eigenvalue weighted by molar-refractivity contribution is 7.17. The van der Waals surface area contributed by atoms with Crippen LogP contribution >= 0.6 is 11.3 Å². The largest absolute Gasteiger partial charge is 0.481 e. The summed E-state index contributed by atoms with van der Waals surface area (Å²) in [6, 6.07) is 0. The van der Waals surface area contributed by atoms with Crippen LogP contribution in [0.4, 0.5) is 5.00 Å². The predicted octanol–water partition coefficient (Wildman–Crippen LogP) is 3.85. The number of rotatable bonds is 4. The molecule has 2 amide bonds. The Bertz CT molecular complexity index is 926. The first-order valence-corrected chi connectivity index (χ1v) is 11.6. The Kier molecular flexibility index (Phi) is 5.29. The number of allylic oxidation sites excluding steroid dienone is 2. The summed E-state index contributed by atoms with van der Waals surface area (Å²) in [5.74, 6) is -2.78. The number of carboxylic acids is 1. The maximum atomic E-state index is 13.2. The fourth-order valence-corrected chi connectivity index (χ4v) is 6.89. The maximum absolute atomic E-state index is 13.2. The van der Waals surface area contributed by atoms with E-state index >= 15 is 0 Å². The van der Waals surface area contributed by atoms with Gasteiger partial charge in [0.2, 0.25) is 5.91 Å². The van der Waals surface area contributed by atoms with E-state index in [1.165, 1.54) is 11.3 Å². The van der Waals surface area contributed by atoms with Crippen molar-refractivity contribution in [3.8, 4) is 0 Å². The SMILES string of the molecule is CC(C)(C)[C@H]1CCc2c(sc(NC(=O)[C@@H]3[C@@H](C(=O)O)[C@H]4C=C[C@@H]3CC4)c2C(N)=O)C1. The second-order valence-electron chi connectivity index (χ2n) is 10.0. The number of nitrogens with one attached hydrogen (secondary N) is 1. The van der Waals surface area contributed by atoms with Crippen LogP contribution in [-0.2, 0) is 22.4 Å². The highest BCUT2D eigenvalue weighted by atomic mass is 32.1. The molecule has 7 heteroatoms. The molecule has 0 aromatic carbocycles. The molecule has 30 heavy (non-hydrogen) atoms. The van der Waals surface area contributed by atoms with Gasteiger partial charge in [-0.15, -0.1) is 11.3 Å². The number of amides is 2. The van der Waals surface area contributed by atoms with E-state index in [1.54, 1.807) is 0 Å². The smallest absolute Gasteiger partial charge is 0.307 e. The van der Waals surface area contributed by atoms with Gasteiger partial charge in [0.1, 0.15) is 5.00 Å². The maximum Gasteiger partial charge on any atom is 0.307 e. The molecule has 1 aromatic heterocycles. The standard InChI is InChI=1S/C23H30N2O4S/c1-23(2,3)13-8-9-14-15(10-13)30-21(18(14)19(24)26)25-20(27)16-11-4-6-12(7-5-11)17(16)22(28)29/h4,6,11-13,16-17H,5,7-10H2,1-3H3,(H2,24,26)(H,25,27)(H,28,29)/t11-,12+,13+,16+,17+/m1/s1. The van der Waals surface area contributed by atoms with Gasteiger partial charge in [-0.25, -0.2) is 0 Å². The normalized spacial score (nSPS) is 30.0. The summed E-state index contributed by atoms with van der Waals surface area (Å²) in [5.41, 5.74) is 7.25. The van der Waals surface area contributed by atoms with Crippen LogP contribution < -0.4 is 11.1 Å². The van der Waals surface area contributed by atoms with Crippen molar-refractivity contribution in [3.63, 3.8) is 0 Å².